The summed E-state index contributed by atoms with van der Waals surface area (Å²) in [5, 5.41) is 5.25. The van der Waals surface area contributed by atoms with E-state index >= 15 is 0 Å². The molecule has 0 atom stereocenters. The molecule has 9 nitrogen and oxygen atoms in total. The number of amides is 4. The zero-order valence-corrected chi connectivity index (χ0v) is 16.6. The summed E-state index contributed by atoms with van der Waals surface area (Å²) in [4.78, 5) is 49.8. The predicted octanol–water partition coefficient (Wildman–Crippen LogP) is 0.846. The minimum absolute atomic E-state index is 0.140. The number of fused-ring (bicyclic) bond motifs is 1. The van der Waals surface area contributed by atoms with Crippen LogP contribution in [0.25, 0.3) is 0 Å². The van der Waals surface area contributed by atoms with Crippen LogP contribution in [0.5, 0.6) is 11.5 Å². The maximum atomic E-state index is 12.3. The number of benzene rings is 2. The first-order valence-corrected chi connectivity index (χ1v) is 9.18. The fraction of sp³-hybridized carbons (Fsp3) is 0.238. The molecule has 0 bridgehead atoms. The Balaban J connectivity index is 1.46. The Bertz CT molecular complexity index is 969. The van der Waals surface area contributed by atoms with Crippen molar-refractivity contribution >= 4 is 23.6 Å². The molecule has 1 heterocycles. The lowest BCUT2D eigenvalue weighted by molar-refractivity contribution is -0.121. The summed E-state index contributed by atoms with van der Waals surface area (Å²) in [6, 6.07) is 11.2. The van der Waals surface area contributed by atoms with E-state index in [2.05, 4.69) is 10.6 Å². The van der Waals surface area contributed by atoms with Gasteiger partial charge >= 0.3 is 0 Å². The van der Waals surface area contributed by atoms with E-state index in [1.165, 1.54) is 14.2 Å². The second kappa shape index (κ2) is 9.08. The van der Waals surface area contributed by atoms with Gasteiger partial charge in [-0.25, -0.2) is 0 Å². The summed E-state index contributed by atoms with van der Waals surface area (Å²) in [5.41, 5.74) is 0.958. The van der Waals surface area contributed by atoms with Gasteiger partial charge in [-0.2, -0.15) is 0 Å². The van der Waals surface area contributed by atoms with Crippen LogP contribution in [0.2, 0.25) is 0 Å². The molecule has 4 amide bonds. The van der Waals surface area contributed by atoms with Crippen LogP contribution in [-0.4, -0.2) is 62.4 Å². The number of carbonyl (C=O) groups is 4. The van der Waals surface area contributed by atoms with E-state index in [4.69, 9.17) is 9.47 Å². The Hall–Kier alpha value is -3.88. The second-order valence-corrected chi connectivity index (χ2v) is 6.42. The summed E-state index contributed by atoms with van der Waals surface area (Å²) >= 11 is 0. The van der Waals surface area contributed by atoms with Crippen molar-refractivity contribution < 1.29 is 28.7 Å². The highest BCUT2D eigenvalue weighted by Crippen LogP contribution is 2.27. The average Bonchev–Trinajstić information content (AvgIpc) is 3.01. The lowest BCUT2D eigenvalue weighted by Crippen LogP contribution is -2.42. The van der Waals surface area contributed by atoms with Crippen molar-refractivity contribution in [1.82, 2.24) is 15.5 Å². The van der Waals surface area contributed by atoms with Crippen molar-refractivity contribution in [2.45, 2.75) is 0 Å². The van der Waals surface area contributed by atoms with Crippen molar-refractivity contribution in [2.75, 3.05) is 33.9 Å². The van der Waals surface area contributed by atoms with Crippen LogP contribution in [0, 0.1) is 0 Å². The van der Waals surface area contributed by atoms with Gasteiger partial charge in [0.15, 0.2) is 11.5 Å². The van der Waals surface area contributed by atoms with Gasteiger partial charge in [0.25, 0.3) is 17.7 Å². The first kappa shape index (κ1) is 20.8. The van der Waals surface area contributed by atoms with E-state index in [0.717, 1.165) is 4.90 Å². The predicted molar refractivity (Wildman–Crippen MR) is 107 cm³/mol. The summed E-state index contributed by atoms with van der Waals surface area (Å²) in [5.74, 6) is -0.885. The van der Waals surface area contributed by atoms with Gasteiger partial charge in [-0.15, -0.1) is 0 Å². The van der Waals surface area contributed by atoms with Crippen molar-refractivity contribution in [1.29, 1.82) is 0 Å². The third kappa shape index (κ3) is 4.24. The highest BCUT2D eigenvalue weighted by atomic mass is 16.5. The number of ether oxygens (including phenoxy) is 2. The molecule has 156 valence electrons. The monoisotopic (exact) mass is 411 g/mol. The Morgan fingerprint density at radius 3 is 2.07 bits per heavy atom. The Labute approximate surface area is 172 Å². The Kier molecular flexibility index (Phi) is 6.31. The van der Waals surface area contributed by atoms with E-state index < -0.39 is 17.7 Å². The minimum Gasteiger partial charge on any atom is -0.493 e. The number of carbonyl (C=O) groups excluding carboxylic acids is 4. The summed E-state index contributed by atoms with van der Waals surface area (Å²) in [6.07, 6.45) is 0. The molecule has 0 saturated carbocycles. The number of nitrogens with one attached hydrogen (secondary N) is 2. The summed E-state index contributed by atoms with van der Waals surface area (Å²) < 4.78 is 10.3. The first-order chi connectivity index (χ1) is 14.5. The molecule has 0 fully saturated rings. The number of rotatable bonds is 8. The SMILES string of the molecule is COc1ccc(C(=O)NCCNC(=O)CN2C(=O)c3ccccc3C2=O)cc1OC. The second-order valence-electron chi connectivity index (χ2n) is 6.42. The van der Waals surface area contributed by atoms with Crippen LogP contribution < -0.4 is 20.1 Å². The molecule has 0 radical (unpaired) electrons. The molecule has 9 heteroatoms. The molecule has 0 saturated heterocycles. The third-order valence-corrected chi connectivity index (χ3v) is 4.56. The van der Waals surface area contributed by atoms with E-state index in [1.807, 2.05) is 0 Å². The normalized spacial score (nSPS) is 12.4. The van der Waals surface area contributed by atoms with Gasteiger partial charge < -0.3 is 20.1 Å². The zero-order chi connectivity index (χ0) is 21.7. The van der Waals surface area contributed by atoms with Gasteiger partial charge in [0.2, 0.25) is 5.91 Å². The van der Waals surface area contributed by atoms with Gasteiger partial charge in [-0.1, -0.05) is 12.1 Å². The first-order valence-electron chi connectivity index (χ1n) is 9.18. The molecular weight excluding hydrogens is 390 g/mol. The van der Waals surface area contributed by atoms with E-state index in [-0.39, 0.29) is 36.7 Å². The Morgan fingerprint density at radius 2 is 1.47 bits per heavy atom. The number of hydrogen-bond donors (Lipinski definition) is 2. The molecule has 0 unspecified atom stereocenters. The zero-order valence-electron chi connectivity index (χ0n) is 16.6. The van der Waals surface area contributed by atoms with Crippen LogP contribution >= 0.6 is 0 Å². The molecule has 1 aliphatic heterocycles. The number of methoxy groups -OCH3 is 2. The van der Waals surface area contributed by atoms with Gasteiger partial charge in [-0.3, -0.25) is 24.1 Å². The van der Waals surface area contributed by atoms with Gasteiger partial charge in [-0.05, 0) is 30.3 Å². The molecule has 30 heavy (non-hydrogen) atoms. The number of hydrogen-bond acceptors (Lipinski definition) is 6. The number of imide groups is 1. The maximum Gasteiger partial charge on any atom is 0.262 e. The topological polar surface area (TPSA) is 114 Å². The summed E-state index contributed by atoms with van der Waals surface area (Å²) in [6.45, 7) is -0.0714. The highest BCUT2D eigenvalue weighted by Gasteiger charge is 2.36. The van der Waals surface area contributed by atoms with Gasteiger partial charge in [0.05, 0.1) is 25.3 Å². The highest BCUT2D eigenvalue weighted by molar-refractivity contribution is 6.22. The van der Waals surface area contributed by atoms with Crippen LogP contribution in [0.1, 0.15) is 31.1 Å². The van der Waals surface area contributed by atoms with E-state index in [1.54, 1.807) is 42.5 Å². The van der Waals surface area contributed by atoms with Crippen LogP contribution in [0.15, 0.2) is 42.5 Å². The molecule has 3 rings (SSSR count). The van der Waals surface area contributed by atoms with Crippen LogP contribution in [0.4, 0.5) is 0 Å². The maximum absolute atomic E-state index is 12.3. The van der Waals surface area contributed by atoms with E-state index in [0.29, 0.717) is 17.1 Å². The van der Waals surface area contributed by atoms with Crippen LogP contribution in [-0.2, 0) is 4.79 Å². The molecule has 1 aliphatic rings. The van der Waals surface area contributed by atoms with Crippen molar-refractivity contribution in [3.05, 3.63) is 59.2 Å². The molecule has 0 aromatic heterocycles. The lowest BCUT2D eigenvalue weighted by Gasteiger charge is -2.14. The van der Waals surface area contributed by atoms with E-state index in [9.17, 15) is 19.2 Å². The third-order valence-electron chi connectivity index (χ3n) is 4.56. The van der Waals surface area contributed by atoms with Gasteiger partial charge in [0, 0.05) is 18.7 Å². The molecule has 0 aliphatic carbocycles. The summed E-state index contributed by atoms with van der Waals surface area (Å²) in [7, 11) is 2.98. The standard InChI is InChI=1S/C21H21N3O6/c1-29-16-8-7-13(11-17(16)30-2)19(26)23-10-9-22-18(25)12-24-20(27)14-5-3-4-6-15(14)21(24)28/h3-8,11H,9-10,12H2,1-2H3,(H,22,25)(H,23,26). The molecular formula is C21H21N3O6. The van der Waals surface area contributed by atoms with Crippen LogP contribution in [0.3, 0.4) is 0 Å². The molecule has 2 aromatic carbocycles. The average molecular weight is 411 g/mol. The fourth-order valence-electron chi connectivity index (χ4n) is 3.04. The fourth-order valence-corrected chi connectivity index (χ4v) is 3.04. The van der Waals surface area contributed by atoms with Gasteiger partial charge in [0.1, 0.15) is 6.54 Å². The Morgan fingerprint density at radius 1 is 0.867 bits per heavy atom. The van der Waals surface area contributed by atoms with Crippen molar-refractivity contribution in [3.8, 4) is 11.5 Å². The molecule has 2 aromatic rings. The largest absolute Gasteiger partial charge is 0.493 e. The number of nitrogens with zero attached hydrogens (tertiary/aromatic N) is 1. The van der Waals surface area contributed by atoms with Crippen molar-refractivity contribution in [3.63, 3.8) is 0 Å². The minimum atomic E-state index is -0.495. The molecule has 2 N–H and O–H groups in total. The smallest absolute Gasteiger partial charge is 0.262 e. The van der Waals surface area contributed by atoms with Crippen molar-refractivity contribution in [2.24, 2.45) is 0 Å². The molecule has 0 spiro atoms. The lowest BCUT2D eigenvalue weighted by atomic mass is 10.1. The quantitative estimate of drug-likeness (QED) is 0.492.